The van der Waals surface area contributed by atoms with E-state index < -0.39 is 6.36 Å². The normalized spacial score (nSPS) is 13.3. The third kappa shape index (κ3) is 3.56. The van der Waals surface area contributed by atoms with Crippen LogP contribution < -0.4 is 4.74 Å². The Hall–Kier alpha value is -0.970. The minimum absolute atomic E-state index is 0.192. The number of alkyl halides is 3. The van der Waals surface area contributed by atoms with Crippen LogP contribution in [0.3, 0.4) is 0 Å². The van der Waals surface area contributed by atoms with E-state index >= 15 is 0 Å². The van der Waals surface area contributed by atoms with E-state index in [1.165, 1.54) is 12.1 Å². The van der Waals surface area contributed by atoms with Crippen molar-refractivity contribution in [3.8, 4) is 5.75 Å². The highest BCUT2D eigenvalue weighted by Gasteiger charge is 2.32. The molecule has 1 rings (SSSR count). The van der Waals surface area contributed by atoms with Crippen LogP contribution in [0, 0.1) is 0 Å². The Morgan fingerprint density at radius 3 is 2.56 bits per heavy atom. The number of hydrogen-bond donors (Lipinski definition) is 0. The molecule has 16 heavy (non-hydrogen) atoms. The molecule has 0 spiro atoms. The summed E-state index contributed by atoms with van der Waals surface area (Å²) >= 11 is 3.20. The van der Waals surface area contributed by atoms with Gasteiger partial charge in [-0.3, -0.25) is 0 Å². The zero-order valence-corrected chi connectivity index (χ0v) is 10.1. The molecular weight excluding hydrogens is 285 g/mol. The van der Waals surface area contributed by atoms with Gasteiger partial charge in [-0.05, 0) is 18.2 Å². The fraction of sp³-hybridized carbons (Fsp3) is 0.273. The van der Waals surface area contributed by atoms with Crippen molar-refractivity contribution in [3.05, 3.63) is 40.9 Å². The van der Waals surface area contributed by atoms with Crippen molar-refractivity contribution in [1.29, 1.82) is 0 Å². The second-order valence-corrected chi connectivity index (χ2v) is 4.17. The summed E-state index contributed by atoms with van der Waals surface area (Å²) in [7, 11) is 0. The first-order valence-electron chi connectivity index (χ1n) is 4.51. The third-order valence-corrected chi connectivity index (χ3v) is 2.53. The third-order valence-electron chi connectivity index (χ3n) is 2.04. The zero-order valence-electron chi connectivity index (χ0n) is 8.51. The molecule has 1 unspecified atom stereocenters. The van der Waals surface area contributed by atoms with Crippen molar-refractivity contribution in [3.63, 3.8) is 0 Å². The molecule has 0 radical (unpaired) electrons. The molecule has 0 fully saturated rings. The second-order valence-electron chi connectivity index (χ2n) is 3.25. The maximum absolute atomic E-state index is 12.1. The van der Waals surface area contributed by atoms with Gasteiger partial charge in [0.2, 0.25) is 0 Å². The lowest BCUT2D eigenvalue weighted by Gasteiger charge is -2.16. The van der Waals surface area contributed by atoms with E-state index in [4.69, 9.17) is 0 Å². The molecular formula is C11H10BrF3O. The average Bonchev–Trinajstić information content (AvgIpc) is 2.17. The molecule has 0 saturated carbocycles. The van der Waals surface area contributed by atoms with Crippen molar-refractivity contribution in [1.82, 2.24) is 0 Å². The Kier molecular flexibility index (Phi) is 4.02. The number of rotatable bonds is 3. The SMILES string of the molecule is C=CC(C)c1cc(Br)ccc1OC(F)(F)F. The molecule has 1 nitrogen and oxygen atoms in total. The van der Waals surface area contributed by atoms with Crippen LogP contribution in [-0.4, -0.2) is 6.36 Å². The summed E-state index contributed by atoms with van der Waals surface area (Å²) in [5.74, 6) is -0.405. The maximum Gasteiger partial charge on any atom is 0.573 e. The van der Waals surface area contributed by atoms with Crippen molar-refractivity contribution in [2.45, 2.75) is 19.2 Å². The summed E-state index contributed by atoms with van der Waals surface area (Å²) in [5, 5.41) is 0. The van der Waals surface area contributed by atoms with Crippen LogP contribution in [0.2, 0.25) is 0 Å². The highest BCUT2D eigenvalue weighted by Crippen LogP contribution is 2.33. The van der Waals surface area contributed by atoms with Gasteiger partial charge < -0.3 is 4.74 Å². The molecule has 0 aromatic heterocycles. The van der Waals surface area contributed by atoms with E-state index in [9.17, 15) is 13.2 Å². The van der Waals surface area contributed by atoms with E-state index in [0.717, 1.165) is 0 Å². The summed E-state index contributed by atoms with van der Waals surface area (Å²) in [4.78, 5) is 0. The van der Waals surface area contributed by atoms with Crippen LogP contribution in [0.25, 0.3) is 0 Å². The van der Waals surface area contributed by atoms with Gasteiger partial charge in [-0.2, -0.15) is 0 Å². The first-order valence-corrected chi connectivity index (χ1v) is 5.30. The fourth-order valence-corrected chi connectivity index (χ4v) is 1.60. The highest BCUT2D eigenvalue weighted by molar-refractivity contribution is 9.10. The Labute approximate surface area is 100 Å². The van der Waals surface area contributed by atoms with Gasteiger partial charge >= 0.3 is 6.36 Å². The van der Waals surface area contributed by atoms with Crippen molar-refractivity contribution in [2.24, 2.45) is 0 Å². The quantitative estimate of drug-likeness (QED) is 0.738. The number of halogens is 4. The molecule has 0 aliphatic heterocycles. The molecule has 0 aliphatic carbocycles. The molecule has 0 amide bonds. The smallest absolute Gasteiger partial charge is 0.405 e. The maximum atomic E-state index is 12.1. The number of allylic oxidation sites excluding steroid dienone is 1. The first kappa shape index (κ1) is 13.1. The van der Waals surface area contributed by atoms with Crippen molar-refractivity contribution < 1.29 is 17.9 Å². The highest BCUT2D eigenvalue weighted by atomic mass is 79.9. The lowest BCUT2D eigenvalue weighted by Crippen LogP contribution is -2.18. The standard InChI is InChI=1S/C11H10BrF3O/c1-3-7(2)9-6-8(12)4-5-10(9)16-11(13,14)15/h3-7H,1H2,2H3. The van der Waals surface area contributed by atoms with Crippen LogP contribution in [0.4, 0.5) is 13.2 Å². The minimum Gasteiger partial charge on any atom is -0.405 e. The fourth-order valence-electron chi connectivity index (χ4n) is 1.22. The van der Waals surface area contributed by atoms with E-state index in [1.807, 2.05) is 0 Å². The molecule has 1 aromatic carbocycles. The topological polar surface area (TPSA) is 9.23 Å². The summed E-state index contributed by atoms with van der Waals surface area (Å²) in [6.07, 6.45) is -3.12. The molecule has 0 aliphatic rings. The Morgan fingerprint density at radius 1 is 1.44 bits per heavy atom. The van der Waals surface area contributed by atoms with Gasteiger partial charge in [-0.15, -0.1) is 19.8 Å². The summed E-state index contributed by atoms with van der Waals surface area (Å²) in [6.45, 7) is 5.30. The van der Waals surface area contributed by atoms with Crippen molar-refractivity contribution >= 4 is 15.9 Å². The Morgan fingerprint density at radius 2 is 2.06 bits per heavy atom. The van der Waals surface area contributed by atoms with Crippen LogP contribution in [0.15, 0.2) is 35.3 Å². The molecule has 0 saturated heterocycles. The molecule has 0 N–H and O–H groups in total. The van der Waals surface area contributed by atoms with Gasteiger partial charge in [0.25, 0.3) is 0 Å². The van der Waals surface area contributed by atoms with Crippen LogP contribution >= 0.6 is 15.9 Å². The molecule has 88 valence electrons. The molecule has 0 heterocycles. The molecule has 0 bridgehead atoms. The summed E-state index contributed by atoms with van der Waals surface area (Å²) < 4.78 is 41.0. The predicted molar refractivity (Wildman–Crippen MR) is 59.4 cm³/mol. The van der Waals surface area contributed by atoms with Gasteiger partial charge in [0.1, 0.15) is 5.75 Å². The van der Waals surface area contributed by atoms with Gasteiger partial charge in [0.15, 0.2) is 0 Å². The minimum atomic E-state index is -4.68. The Balaban J connectivity index is 3.12. The zero-order chi connectivity index (χ0) is 12.3. The van der Waals surface area contributed by atoms with E-state index in [1.54, 1.807) is 19.1 Å². The number of benzene rings is 1. The number of ether oxygens (including phenoxy) is 1. The van der Waals surface area contributed by atoms with Gasteiger partial charge in [0, 0.05) is 16.0 Å². The first-order chi connectivity index (χ1) is 7.33. The van der Waals surface area contributed by atoms with Gasteiger partial charge in [0.05, 0.1) is 0 Å². The Bertz CT molecular complexity index is 387. The van der Waals surface area contributed by atoms with Gasteiger partial charge in [-0.1, -0.05) is 28.9 Å². The lowest BCUT2D eigenvalue weighted by atomic mass is 10.0. The molecule has 1 atom stereocenters. The lowest BCUT2D eigenvalue weighted by molar-refractivity contribution is -0.274. The number of hydrogen-bond acceptors (Lipinski definition) is 1. The molecule has 1 aromatic rings. The average molecular weight is 295 g/mol. The van der Waals surface area contributed by atoms with E-state index in [-0.39, 0.29) is 11.7 Å². The van der Waals surface area contributed by atoms with E-state index in [0.29, 0.717) is 10.0 Å². The van der Waals surface area contributed by atoms with E-state index in [2.05, 4.69) is 27.2 Å². The largest absolute Gasteiger partial charge is 0.573 e. The van der Waals surface area contributed by atoms with Crippen molar-refractivity contribution in [2.75, 3.05) is 0 Å². The van der Waals surface area contributed by atoms with Crippen LogP contribution in [0.5, 0.6) is 5.75 Å². The second kappa shape index (κ2) is 4.91. The summed E-state index contributed by atoms with van der Waals surface area (Å²) in [5.41, 5.74) is 0.446. The monoisotopic (exact) mass is 294 g/mol. The predicted octanol–water partition coefficient (Wildman–Crippen LogP) is 4.64. The van der Waals surface area contributed by atoms with Crippen LogP contribution in [-0.2, 0) is 0 Å². The van der Waals surface area contributed by atoms with Gasteiger partial charge in [-0.25, -0.2) is 0 Å². The molecule has 5 heteroatoms. The van der Waals surface area contributed by atoms with Crippen LogP contribution in [0.1, 0.15) is 18.4 Å². The summed E-state index contributed by atoms with van der Waals surface area (Å²) in [6, 6.07) is 4.38.